The van der Waals surface area contributed by atoms with Gasteiger partial charge < -0.3 is 4.90 Å². The van der Waals surface area contributed by atoms with Crippen LogP contribution in [0.4, 0.5) is 0 Å². The monoisotopic (exact) mass is 425 g/mol. The Balaban J connectivity index is 1.75. The minimum Gasteiger partial charge on any atom is -0.339 e. The van der Waals surface area contributed by atoms with Crippen LogP contribution in [-0.4, -0.2) is 52.9 Å². The van der Waals surface area contributed by atoms with Crippen molar-refractivity contribution in [3.8, 4) is 0 Å². The predicted octanol–water partition coefficient (Wildman–Crippen LogP) is 2.28. The van der Waals surface area contributed by atoms with Crippen LogP contribution in [0.25, 0.3) is 10.2 Å². The highest BCUT2D eigenvalue weighted by atomic mass is 32.2. The lowest BCUT2D eigenvalue weighted by molar-refractivity contribution is -0.133. The lowest BCUT2D eigenvalue weighted by atomic mass is 10.1. The van der Waals surface area contributed by atoms with E-state index >= 15 is 0 Å². The molecule has 154 valence electrons. The Morgan fingerprint density at radius 3 is 2.79 bits per heavy atom. The van der Waals surface area contributed by atoms with E-state index in [0.29, 0.717) is 18.4 Å². The van der Waals surface area contributed by atoms with Crippen molar-refractivity contribution < 1.29 is 13.2 Å². The maximum Gasteiger partial charge on any atom is 0.262 e. The standard InChI is InChI=1S/C19H27N3O4S2/c1-4-5-8-22(15-7-10-28(25,26)11-15)16(23)6-9-21-12-20-18-17(19(21)24)13(2)14(3)27-18/h12,15H,4-11H2,1-3H3. The first kappa shape index (κ1) is 21.0. The number of nitrogens with zero attached hydrogens (tertiary/aromatic N) is 3. The Morgan fingerprint density at radius 2 is 2.14 bits per heavy atom. The molecule has 0 N–H and O–H groups in total. The van der Waals surface area contributed by atoms with Crippen molar-refractivity contribution >= 4 is 37.3 Å². The van der Waals surface area contributed by atoms with E-state index in [-0.39, 0.29) is 42.0 Å². The summed E-state index contributed by atoms with van der Waals surface area (Å²) in [5.41, 5.74) is 0.821. The lowest BCUT2D eigenvalue weighted by Crippen LogP contribution is -2.42. The Bertz CT molecular complexity index is 1040. The molecule has 2 aromatic rings. The molecule has 7 nitrogen and oxygen atoms in total. The van der Waals surface area contributed by atoms with E-state index in [2.05, 4.69) is 4.98 Å². The average molecular weight is 426 g/mol. The number of thiophene rings is 1. The molecule has 0 aromatic carbocycles. The van der Waals surface area contributed by atoms with Crippen LogP contribution < -0.4 is 5.56 Å². The zero-order chi connectivity index (χ0) is 20.5. The third kappa shape index (κ3) is 4.30. The fourth-order valence-corrected chi connectivity index (χ4v) is 6.37. The topological polar surface area (TPSA) is 89.3 Å². The fraction of sp³-hybridized carbons (Fsp3) is 0.632. The molecule has 0 radical (unpaired) electrons. The Labute approximate surface area is 169 Å². The Hall–Kier alpha value is -1.74. The highest BCUT2D eigenvalue weighted by Crippen LogP contribution is 2.25. The van der Waals surface area contributed by atoms with Gasteiger partial charge in [0.05, 0.1) is 23.2 Å². The van der Waals surface area contributed by atoms with Gasteiger partial charge in [-0.1, -0.05) is 13.3 Å². The number of hydrogen-bond acceptors (Lipinski definition) is 6. The quantitative estimate of drug-likeness (QED) is 0.679. The molecule has 1 atom stereocenters. The van der Waals surface area contributed by atoms with Crippen molar-refractivity contribution in [1.29, 1.82) is 0 Å². The number of amides is 1. The fourth-order valence-electron chi connectivity index (χ4n) is 3.65. The van der Waals surface area contributed by atoms with Crippen LogP contribution in [0.15, 0.2) is 11.1 Å². The van der Waals surface area contributed by atoms with E-state index in [4.69, 9.17) is 0 Å². The van der Waals surface area contributed by atoms with E-state index in [1.54, 1.807) is 4.90 Å². The van der Waals surface area contributed by atoms with Crippen LogP contribution in [-0.2, 0) is 21.2 Å². The number of carbonyl (C=O) groups is 1. The predicted molar refractivity (Wildman–Crippen MR) is 112 cm³/mol. The number of hydrogen-bond donors (Lipinski definition) is 0. The molecule has 1 amide bonds. The number of aromatic nitrogens is 2. The van der Waals surface area contributed by atoms with Crippen molar-refractivity contribution in [2.24, 2.45) is 0 Å². The summed E-state index contributed by atoms with van der Waals surface area (Å²) in [4.78, 5) is 33.5. The summed E-state index contributed by atoms with van der Waals surface area (Å²) in [6.45, 7) is 6.73. The third-order valence-electron chi connectivity index (χ3n) is 5.44. The van der Waals surface area contributed by atoms with Gasteiger partial charge in [-0.25, -0.2) is 13.4 Å². The minimum atomic E-state index is -3.06. The minimum absolute atomic E-state index is 0.0449. The zero-order valence-corrected chi connectivity index (χ0v) is 18.2. The average Bonchev–Trinajstić information content (AvgIpc) is 3.14. The summed E-state index contributed by atoms with van der Waals surface area (Å²) in [6, 6.07) is -0.247. The van der Waals surface area contributed by atoms with Crippen LogP contribution in [0.2, 0.25) is 0 Å². The summed E-state index contributed by atoms with van der Waals surface area (Å²) < 4.78 is 25.2. The second-order valence-corrected chi connectivity index (χ2v) is 10.9. The van der Waals surface area contributed by atoms with Crippen molar-refractivity contribution in [2.75, 3.05) is 18.1 Å². The summed E-state index contributed by atoms with van der Waals surface area (Å²) in [7, 11) is -3.06. The van der Waals surface area contributed by atoms with Gasteiger partial charge in [-0.2, -0.15) is 0 Å². The molecule has 1 aliphatic heterocycles. The number of aryl methyl sites for hydroxylation is 3. The molecule has 0 saturated carbocycles. The maximum absolute atomic E-state index is 12.9. The molecule has 2 aromatic heterocycles. The zero-order valence-electron chi connectivity index (χ0n) is 16.6. The number of fused-ring (bicyclic) bond motifs is 1. The molecule has 1 aliphatic rings. The van der Waals surface area contributed by atoms with E-state index in [9.17, 15) is 18.0 Å². The van der Waals surface area contributed by atoms with Gasteiger partial charge >= 0.3 is 0 Å². The smallest absolute Gasteiger partial charge is 0.262 e. The van der Waals surface area contributed by atoms with Gasteiger partial charge in [0.25, 0.3) is 5.56 Å². The summed E-state index contributed by atoms with van der Waals surface area (Å²) >= 11 is 1.50. The molecule has 9 heteroatoms. The molecule has 1 saturated heterocycles. The molecule has 1 unspecified atom stereocenters. The van der Waals surface area contributed by atoms with E-state index in [1.807, 2.05) is 20.8 Å². The van der Waals surface area contributed by atoms with Crippen LogP contribution in [0.3, 0.4) is 0 Å². The van der Waals surface area contributed by atoms with Gasteiger partial charge in [0.15, 0.2) is 9.84 Å². The largest absolute Gasteiger partial charge is 0.339 e. The normalized spacial score (nSPS) is 18.6. The van der Waals surface area contributed by atoms with Gasteiger partial charge in [-0.3, -0.25) is 14.2 Å². The second kappa shape index (κ2) is 8.32. The number of carbonyl (C=O) groups excluding carboxylic acids is 1. The van der Waals surface area contributed by atoms with E-state index in [1.165, 1.54) is 22.2 Å². The number of rotatable bonds is 7. The first-order valence-corrected chi connectivity index (χ1v) is 12.3. The summed E-state index contributed by atoms with van der Waals surface area (Å²) in [5, 5.41) is 0.627. The second-order valence-electron chi connectivity index (χ2n) is 7.45. The Morgan fingerprint density at radius 1 is 1.39 bits per heavy atom. The third-order valence-corrected chi connectivity index (χ3v) is 8.31. The van der Waals surface area contributed by atoms with Crippen LogP contribution in [0.5, 0.6) is 0 Å². The van der Waals surface area contributed by atoms with Crippen molar-refractivity contribution in [2.45, 2.75) is 59.0 Å². The summed E-state index contributed by atoms with van der Waals surface area (Å²) in [5.74, 6) is 0.0917. The maximum atomic E-state index is 12.9. The first-order chi connectivity index (χ1) is 13.2. The highest BCUT2D eigenvalue weighted by molar-refractivity contribution is 7.91. The molecule has 3 heterocycles. The lowest BCUT2D eigenvalue weighted by Gasteiger charge is -2.28. The van der Waals surface area contributed by atoms with Crippen LogP contribution in [0, 0.1) is 13.8 Å². The van der Waals surface area contributed by atoms with Gasteiger partial charge in [0, 0.05) is 30.4 Å². The van der Waals surface area contributed by atoms with Crippen molar-refractivity contribution in [3.63, 3.8) is 0 Å². The molecule has 28 heavy (non-hydrogen) atoms. The number of unbranched alkanes of at least 4 members (excludes halogenated alkanes) is 1. The first-order valence-electron chi connectivity index (χ1n) is 9.68. The van der Waals surface area contributed by atoms with Gasteiger partial charge in [0.1, 0.15) is 4.83 Å². The molecule has 0 aliphatic carbocycles. The van der Waals surface area contributed by atoms with Crippen LogP contribution >= 0.6 is 11.3 Å². The molecule has 3 rings (SSSR count). The molecule has 1 fully saturated rings. The van der Waals surface area contributed by atoms with Crippen molar-refractivity contribution in [1.82, 2.24) is 14.5 Å². The van der Waals surface area contributed by atoms with E-state index in [0.717, 1.165) is 28.1 Å². The van der Waals surface area contributed by atoms with E-state index < -0.39 is 9.84 Å². The van der Waals surface area contributed by atoms with Gasteiger partial charge in [0.2, 0.25) is 5.91 Å². The molecule has 0 bridgehead atoms. The van der Waals surface area contributed by atoms with Crippen molar-refractivity contribution in [3.05, 3.63) is 27.1 Å². The molecular weight excluding hydrogens is 398 g/mol. The van der Waals surface area contributed by atoms with Crippen LogP contribution in [0.1, 0.15) is 43.0 Å². The molecule has 0 spiro atoms. The SMILES string of the molecule is CCCCN(C(=O)CCn1cnc2sc(C)c(C)c2c1=O)C1CCS(=O)(=O)C1. The van der Waals surface area contributed by atoms with Gasteiger partial charge in [-0.05, 0) is 32.3 Å². The number of sulfone groups is 1. The highest BCUT2D eigenvalue weighted by Gasteiger charge is 2.34. The van der Waals surface area contributed by atoms with Gasteiger partial charge in [-0.15, -0.1) is 11.3 Å². The summed E-state index contributed by atoms with van der Waals surface area (Å²) in [6.07, 6.45) is 3.93. The Kier molecular flexibility index (Phi) is 6.24. The molecular formula is C19H27N3O4S2.